The number of nitrogens with two attached hydrogens (primary N) is 1. The zero-order valence-corrected chi connectivity index (χ0v) is 11.0. The number of carbonyl (C=O) groups is 1. The molecule has 7 heteroatoms. The molecule has 0 aromatic carbocycles. The van der Waals surface area contributed by atoms with Crippen molar-refractivity contribution in [1.82, 2.24) is 10.3 Å². The molecule has 2 heterocycles. The van der Waals surface area contributed by atoms with E-state index in [0.29, 0.717) is 25.3 Å². The summed E-state index contributed by atoms with van der Waals surface area (Å²) in [6.45, 7) is 2.81. The maximum Gasteiger partial charge on any atom is 0.270 e. The van der Waals surface area contributed by atoms with E-state index in [-0.39, 0.29) is 18.6 Å². The fourth-order valence-corrected chi connectivity index (χ4v) is 2.49. The Labute approximate surface area is 109 Å². The Balaban J connectivity index is 1.92. The molecule has 0 spiro atoms. The number of rotatable bonds is 4. The highest BCUT2D eigenvalue weighted by Gasteiger charge is 2.39. The maximum atomic E-state index is 11.8. The molecule has 0 aliphatic carbocycles. The Bertz CT molecular complexity index is 437. The van der Waals surface area contributed by atoms with Crippen molar-refractivity contribution in [3.05, 3.63) is 16.1 Å². The van der Waals surface area contributed by atoms with Gasteiger partial charge in [-0.15, -0.1) is 11.3 Å². The predicted octanol–water partition coefficient (Wildman–Crippen LogP) is -0.129. The van der Waals surface area contributed by atoms with Crippen LogP contribution in [-0.4, -0.2) is 40.9 Å². The van der Waals surface area contributed by atoms with Gasteiger partial charge >= 0.3 is 0 Å². The van der Waals surface area contributed by atoms with Crippen LogP contribution in [0, 0.1) is 0 Å². The molecule has 0 saturated carbocycles. The van der Waals surface area contributed by atoms with Gasteiger partial charge in [-0.3, -0.25) is 4.79 Å². The maximum absolute atomic E-state index is 11.8. The number of carbonyl (C=O) groups excluding carboxylic acids is 1. The fourth-order valence-electron chi connectivity index (χ4n) is 1.84. The van der Waals surface area contributed by atoms with E-state index in [1.807, 2.05) is 0 Å². The van der Waals surface area contributed by atoms with Gasteiger partial charge in [-0.25, -0.2) is 4.98 Å². The molecule has 100 valence electrons. The Kier molecular flexibility index (Phi) is 3.96. The van der Waals surface area contributed by atoms with Gasteiger partial charge in [0.1, 0.15) is 16.3 Å². The van der Waals surface area contributed by atoms with Crippen LogP contribution in [0.4, 0.5) is 0 Å². The van der Waals surface area contributed by atoms with Crippen LogP contribution in [0.2, 0.25) is 0 Å². The number of nitrogens with one attached hydrogen (secondary N) is 1. The summed E-state index contributed by atoms with van der Waals surface area (Å²) in [7, 11) is 0. The first-order chi connectivity index (χ1) is 8.55. The fraction of sp³-hybridized carbons (Fsp3) is 0.636. The van der Waals surface area contributed by atoms with Crippen molar-refractivity contribution < 1.29 is 14.6 Å². The smallest absolute Gasteiger partial charge is 0.270 e. The topological polar surface area (TPSA) is 97.5 Å². The quantitative estimate of drug-likeness (QED) is 0.709. The molecule has 2 atom stereocenters. The Morgan fingerprint density at radius 3 is 3.17 bits per heavy atom. The first kappa shape index (κ1) is 13.4. The number of aromatic nitrogens is 1. The largest absolute Gasteiger partial charge is 0.385 e. The molecule has 1 saturated heterocycles. The normalized spacial score (nSPS) is 27.4. The van der Waals surface area contributed by atoms with Gasteiger partial charge in [-0.2, -0.15) is 0 Å². The van der Waals surface area contributed by atoms with Crippen molar-refractivity contribution >= 4 is 17.2 Å². The molecule has 2 rings (SSSR count). The molecule has 1 aromatic rings. The lowest BCUT2D eigenvalue weighted by molar-refractivity contribution is -0.0252. The van der Waals surface area contributed by atoms with Crippen LogP contribution in [0.25, 0.3) is 0 Å². The van der Waals surface area contributed by atoms with E-state index < -0.39 is 5.60 Å². The van der Waals surface area contributed by atoms with Crippen molar-refractivity contribution in [3.63, 3.8) is 0 Å². The molecule has 1 fully saturated rings. The zero-order chi connectivity index (χ0) is 13.2. The summed E-state index contributed by atoms with van der Waals surface area (Å²) in [5.74, 6) is -0.293. The number of amides is 1. The molecule has 0 bridgehead atoms. The third-order valence-electron chi connectivity index (χ3n) is 3.17. The summed E-state index contributed by atoms with van der Waals surface area (Å²) in [4.78, 5) is 15.9. The summed E-state index contributed by atoms with van der Waals surface area (Å²) >= 11 is 1.35. The molecule has 18 heavy (non-hydrogen) atoms. The van der Waals surface area contributed by atoms with Gasteiger partial charge in [-0.1, -0.05) is 0 Å². The first-order valence-corrected chi connectivity index (χ1v) is 6.70. The van der Waals surface area contributed by atoms with Gasteiger partial charge in [0.15, 0.2) is 0 Å². The van der Waals surface area contributed by atoms with Gasteiger partial charge in [0.25, 0.3) is 5.91 Å². The van der Waals surface area contributed by atoms with Gasteiger partial charge in [0, 0.05) is 31.5 Å². The Morgan fingerprint density at radius 2 is 2.61 bits per heavy atom. The second-order valence-corrected chi connectivity index (χ2v) is 5.32. The van der Waals surface area contributed by atoms with Crippen LogP contribution in [0.1, 0.15) is 28.8 Å². The number of hydrogen-bond acceptors (Lipinski definition) is 6. The minimum atomic E-state index is -0.984. The third kappa shape index (κ3) is 2.69. The number of thiazole rings is 1. The van der Waals surface area contributed by atoms with E-state index in [1.165, 1.54) is 11.3 Å². The Hall–Kier alpha value is -1.02. The summed E-state index contributed by atoms with van der Waals surface area (Å²) < 4.78 is 5.30. The molecule has 4 N–H and O–H groups in total. The zero-order valence-electron chi connectivity index (χ0n) is 10.2. The van der Waals surface area contributed by atoms with E-state index in [0.717, 1.165) is 5.01 Å². The molecule has 1 aromatic heterocycles. The number of nitrogens with zero attached hydrogens (tertiary/aromatic N) is 1. The van der Waals surface area contributed by atoms with E-state index >= 15 is 0 Å². The molecule has 0 radical (unpaired) electrons. The first-order valence-electron chi connectivity index (χ1n) is 5.82. The lowest BCUT2D eigenvalue weighted by Gasteiger charge is -2.25. The number of ether oxygens (including phenoxy) is 1. The average Bonchev–Trinajstić information content (AvgIpc) is 2.95. The lowest BCUT2D eigenvalue weighted by atomic mass is 9.97. The van der Waals surface area contributed by atoms with Crippen LogP contribution in [0.5, 0.6) is 0 Å². The minimum Gasteiger partial charge on any atom is -0.385 e. The summed E-state index contributed by atoms with van der Waals surface area (Å²) in [5.41, 5.74) is 4.80. The van der Waals surface area contributed by atoms with Crippen molar-refractivity contribution in [1.29, 1.82) is 0 Å². The molecule has 1 amide bonds. The van der Waals surface area contributed by atoms with E-state index in [2.05, 4.69) is 10.3 Å². The van der Waals surface area contributed by atoms with E-state index in [4.69, 9.17) is 10.5 Å². The SMILES string of the molecule is CC1OCCC1(O)CNC(=O)c1csc(CN)n1. The van der Waals surface area contributed by atoms with Crippen LogP contribution < -0.4 is 11.1 Å². The highest BCUT2D eigenvalue weighted by atomic mass is 32.1. The van der Waals surface area contributed by atoms with Crippen LogP contribution in [0.15, 0.2) is 5.38 Å². The van der Waals surface area contributed by atoms with Crippen molar-refractivity contribution in [2.24, 2.45) is 5.73 Å². The predicted molar refractivity (Wildman–Crippen MR) is 67.3 cm³/mol. The minimum absolute atomic E-state index is 0.169. The van der Waals surface area contributed by atoms with Gasteiger partial charge < -0.3 is 20.9 Å². The second-order valence-electron chi connectivity index (χ2n) is 4.38. The van der Waals surface area contributed by atoms with Crippen molar-refractivity contribution in [3.8, 4) is 0 Å². The summed E-state index contributed by atoms with van der Waals surface area (Å²) in [6, 6.07) is 0. The molecular formula is C11H17N3O3S. The van der Waals surface area contributed by atoms with E-state index in [9.17, 15) is 9.90 Å². The highest BCUT2D eigenvalue weighted by Crippen LogP contribution is 2.24. The molecule has 1 aliphatic rings. The van der Waals surface area contributed by atoms with Crippen LogP contribution in [-0.2, 0) is 11.3 Å². The Morgan fingerprint density at radius 1 is 1.83 bits per heavy atom. The number of aliphatic hydroxyl groups is 1. The molecular weight excluding hydrogens is 254 g/mol. The van der Waals surface area contributed by atoms with Gasteiger partial charge in [0.2, 0.25) is 0 Å². The lowest BCUT2D eigenvalue weighted by Crippen LogP contribution is -2.47. The van der Waals surface area contributed by atoms with Crippen molar-refractivity contribution in [2.75, 3.05) is 13.2 Å². The van der Waals surface area contributed by atoms with Gasteiger partial charge in [-0.05, 0) is 6.92 Å². The van der Waals surface area contributed by atoms with Crippen molar-refractivity contribution in [2.45, 2.75) is 31.6 Å². The monoisotopic (exact) mass is 271 g/mol. The van der Waals surface area contributed by atoms with Crippen LogP contribution in [0.3, 0.4) is 0 Å². The average molecular weight is 271 g/mol. The summed E-state index contributed by atoms with van der Waals surface area (Å²) in [5, 5.41) is 15.3. The summed E-state index contributed by atoms with van der Waals surface area (Å²) in [6.07, 6.45) is 0.257. The second kappa shape index (κ2) is 5.31. The van der Waals surface area contributed by atoms with E-state index in [1.54, 1.807) is 12.3 Å². The molecule has 1 aliphatic heterocycles. The standard InChI is InChI=1S/C11H17N3O3S/c1-7-11(16,2-3-17-7)6-13-10(15)8-5-18-9(4-12)14-8/h5,7,16H,2-4,6,12H2,1H3,(H,13,15). The third-order valence-corrected chi connectivity index (χ3v) is 4.04. The molecule has 2 unspecified atom stereocenters. The highest BCUT2D eigenvalue weighted by molar-refractivity contribution is 7.09. The number of hydrogen-bond donors (Lipinski definition) is 3. The molecule has 6 nitrogen and oxygen atoms in total. The van der Waals surface area contributed by atoms with Gasteiger partial charge in [0.05, 0.1) is 6.10 Å². The van der Waals surface area contributed by atoms with Crippen LogP contribution >= 0.6 is 11.3 Å².